The number of nitrogens with zero attached hydrogens (tertiary/aromatic N) is 6. The normalized spacial score (nSPS) is 8.00. The first-order chi connectivity index (χ1) is 6.61. The third-order valence-electron chi connectivity index (χ3n) is 1.10. The Bertz CT molecular complexity index is 320. The SMILES string of the molecule is Nc1nn[nH][n+]1N.Nc1nn[nH][n+]1N.[Cl-].[Cl-]. The summed E-state index contributed by atoms with van der Waals surface area (Å²) in [5.74, 6) is 10.4. The lowest BCUT2D eigenvalue weighted by Gasteiger charge is -1.75. The number of aromatic amines is 2. The van der Waals surface area contributed by atoms with Crippen LogP contribution in [-0.4, -0.2) is 31.1 Å². The lowest BCUT2D eigenvalue weighted by Crippen LogP contribution is -3.00. The molecule has 0 unspecified atom stereocenters. The highest BCUT2D eigenvalue weighted by molar-refractivity contribution is 4.97. The van der Waals surface area contributed by atoms with Crippen LogP contribution in [-0.2, 0) is 0 Å². The predicted octanol–water partition coefficient (Wildman–Crippen LogP) is -11.2. The van der Waals surface area contributed by atoms with Gasteiger partial charge >= 0.3 is 11.9 Å². The van der Waals surface area contributed by atoms with E-state index in [9.17, 15) is 0 Å². The van der Waals surface area contributed by atoms with Gasteiger partial charge < -0.3 is 36.3 Å². The fraction of sp³-hybridized carbons (Fsp3) is 0. The van der Waals surface area contributed by atoms with Crippen LogP contribution in [0.2, 0.25) is 0 Å². The van der Waals surface area contributed by atoms with Crippen LogP contribution >= 0.6 is 0 Å². The van der Waals surface area contributed by atoms with Crippen molar-refractivity contribution < 1.29 is 34.4 Å². The molecule has 0 amide bonds. The molecular formula is C2H10Cl2N12. The van der Waals surface area contributed by atoms with Gasteiger partial charge in [0.15, 0.2) is 0 Å². The van der Waals surface area contributed by atoms with E-state index < -0.39 is 0 Å². The number of rotatable bonds is 0. The van der Waals surface area contributed by atoms with E-state index in [1.165, 1.54) is 0 Å². The number of nitrogens with two attached hydrogens (primary N) is 4. The average Bonchev–Trinajstić information content (AvgIpc) is 2.67. The van der Waals surface area contributed by atoms with Gasteiger partial charge in [-0.15, -0.1) is 0 Å². The Morgan fingerprint density at radius 1 is 0.812 bits per heavy atom. The molecular weight excluding hydrogens is 263 g/mol. The molecule has 2 heterocycles. The molecule has 0 radical (unpaired) electrons. The van der Waals surface area contributed by atoms with E-state index in [0.717, 1.165) is 9.58 Å². The summed E-state index contributed by atoms with van der Waals surface area (Å²) in [6.07, 6.45) is 0. The number of nitrogens with one attached hydrogen (secondary N) is 2. The van der Waals surface area contributed by atoms with E-state index in [2.05, 4.69) is 31.1 Å². The summed E-state index contributed by atoms with van der Waals surface area (Å²) >= 11 is 0. The maximum Gasteiger partial charge on any atom is 0.418 e. The second-order valence-electron chi connectivity index (χ2n) is 2.06. The smallest absolute Gasteiger partial charge is 0.418 e. The number of tetrazole rings is 2. The number of anilines is 2. The fourth-order valence-electron chi connectivity index (χ4n) is 0.442. The highest BCUT2D eigenvalue weighted by Gasteiger charge is 2.00. The van der Waals surface area contributed by atoms with Gasteiger partial charge in [-0.1, -0.05) is 20.0 Å². The number of H-pyrrole nitrogens is 2. The molecule has 2 aromatic rings. The maximum atomic E-state index is 5.07. The Morgan fingerprint density at radius 3 is 1.19 bits per heavy atom. The number of nitrogen functional groups attached to an aromatic ring is 4. The first-order valence-electron chi connectivity index (χ1n) is 3.28. The van der Waals surface area contributed by atoms with Gasteiger partial charge in [0.05, 0.1) is 10.2 Å². The minimum atomic E-state index is 0. The highest BCUT2D eigenvalue weighted by atomic mass is 35.5. The van der Waals surface area contributed by atoms with E-state index >= 15 is 0 Å². The van der Waals surface area contributed by atoms with E-state index in [0.29, 0.717) is 0 Å². The van der Waals surface area contributed by atoms with Crippen LogP contribution in [0.1, 0.15) is 0 Å². The number of hydrogen-bond acceptors (Lipinski definition) is 8. The van der Waals surface area contributed by atoms with Gasteiger partial charge in [-0.2, -0.15) is 0 Å². The van der Waals surface area contributed by atoms with E-state index in [4.69, 9.17) is 23.2 Å². The molecule has 2 rings (SSSR count). The van der Waals surface area contributed by atoms with Crippen molar-refractivity contribution in [2.75, 3.05) is 23.2 Å². The van der Waals surface area contributed by atoms with Crippen molar-refractivity contribution in [2.45, 2.75) is 0 Å². The third kappa shape index (κ3) is 4.43. The third-order valence-corrected chi connectivity index (χ3v) is 1.10. The Labute approximate surface area is 101 Å². The van der Waals surface area contributed by atoms with Crippen molar-refractivity contribution in [3.63, 3.8) is 0 Å². The zero-order valence-corrected chi connectivity index (χ0v) is 9.26. The lowest BCUT2D eigenvalue weighted by atomic mass is 11.1. The summed E-state index contributed by atoms with van der Waals surface area (Å²) in [5, 5.41) is 17.7. The number of halogens is 2. The Morgan fingerprint density at radius 2 is 1.12 bits per heavy atom. The summed E-state index contributed by atoms with van der Waals surface area (Å²) in [7, 11) is 0. The highest BCUT2D eigenvalue weighted by Crippen LogP contribution is 1.67. The van der Waals surface area contributed by atoms with Crippen molar-refractivity contribution in [3.05, 3.63) is 0 Å². The van der Waals surface area contributed by atoms with E-state index in [1.54, 1.807) is 0 Å². The van der Waals surface area contributed by atoms with Crippen LogP contribution in [0.4, 0.5) is 11.9 Å². The second kappa shape index (κ2) is 7.24. The van der Waals surface area contributed by atoms with Crippen molar-refractivity contribution >= 4 is 11.9 Å². The van der Waals surface area contributed by atoms with Gasteiger partial charge in [0, 0.05) is 0 Å². The van der Waals surface area contributed by atoms with Crippen molar-refractivity contribution in [2.24, 2.45) is 0 Å². The molecule has 0 atom stereocenters. The summed E-state index contributed by atoms with van der Waals surface area (Å²) in [4.78, 5) is 2.03. The molecule has 10 N–H and O–H groups in total. The van der Waals surface area contributed by atoms with Gasteiger partial charge in [-0.05, 0) is 0 Å². The summed E-state index contributed by atoms with van der Waals surface area (Å²) < 4.78 is 0. The van der Waals surface area contributed by atoms with Gasteiger partial charge in [-0.25, -0.2) is 0 Å². The monoisotopic (exact) mass is 272 g/mol. The standard InChI is InChI=1S/2CH4N6.2ClH/c2*2-1-4-5-6-7(1)3;;/h2*3H2,(H2,2,4,6);2*1H. The molecule has 0 fully saturated rings. The summed E-state index contributed by atoms with van der Waals surface area (Å²) in [5.41, 5.74) is 10.1. The molecule has 2 aromatic heterocycles. The number of hydrogen-bond donors (Lipinski definition) is 6. The Balaban J connectivity index is 0. The maximum absolute atomic E-state index is 5.07. The van der Waals surface area contributed by atoms with Gasteiger partial charge in [-0.3, -0.25) is 11.7 Å². The van der Waals surface area contributed by atoms with Crippen LogP contribution in [0.15, 0.2) is 0 Å². The van der Waals surface area contributed by atoms with Crippen molar-refractivity contribution in [3.8, 4) is 0 Å². The Kier molecular flexibility index (Phi) is 7.40. The molecule has 0 aliphatic rings. The molecule has 16 heavy (non-hydrogen) atoms. The predicted molar refractivity (Wildman–Crippen MR) is 42.3 cm³/mol. The van der Waals surface area contributed by atoms with Crippen molar-refractivity contribution in [1.82, 2.24) is 31.1 Å². The average molecular weight is 273 g/mol. The second-order valence-corrected chi connectivity index (χ2v) is 2.06. The minimum Gasteiger partial charge on any atom is -1.00 e. The van der Waals surface area contributed by atoms with Crippen LogP contribution < -0.4 is 57.5 Å². The molecule has 0 saturated heterocycles. The van der Waals surface area contributed by atoms with E-state index in [-0.39, 0.29) is 36.7 Å². The Hall–Kier alpha value is -2.08. The molecule has 92 valence electrons. The van der Waals surface area contributed by atoms with Gasteiger partial charge in [0.2, 0.25) is 0 Å². The molecule has 0 spiro atoms. The van der Waals surface area contributed by atoms with Crippen molar-refractivity contribution in [1.29, 1.82) is 0 Å². The molecule has 14 heteroatoms. The molecule has 0 aliphatic heterocycles. The fourth-order valence-corrected chi connectivity index (χ4v) is 0.442. The zero-order valence-electron chi connectivity index (χ0n) is 7.75. The zero-order chi connectivity index (χ0) is 10.6. The summed E-state index contributed by atoms with van der Waals surface area (Å²) in [6.45, 7) is 0. The van der Waals surface area contributed by atoms with Crippen LogP contribution in [0.25, 0.3) is 0 Å². The quantitative estimate of drug-likeness (QED) is 0.201. The number of aromatic nitrogens is 8. The largest absolute Gasteiger partial charge is 1.00 e. The lowest BCUT2D eigenvalue weighted by molar-refractivity contribution is -0.687. The van der Waals surface area contributed by atoms with Gasteiger partial charge in [0.25, 0.3) is 0 Å². The first-order valence-corrected chi connectivity index (χ1v) is 3.28. The van der Waals surface area contributed by atoms with Crippen LogP contribution in [0, 0.1) is 0 Å². The molecule has 12 nitrogen and oxygen atoms in total. The van der Waals surface area contributed by atoms with Crippen LogP contribution in [0.5, 0.6) is 0 Å². The molecule has 0 aromatic carbocycles. The topological polar surface area (TPSA) is 195 Å². The summed E-state index contributed by atoms with van der Waals surface area (Å²) in [6, 6.07) is 0. The first kappa shape index (κ1) is 16.4. The minimum absolute atomic E-state index is 0. The van der Waals surface area contributed by atoms with Crippen LogP contribution in [0.3, 0.4) is 0 Å². The van der Waals surface area contributed by atoms with E-state index in [1.807, 2.05) is 0 Å². The van der Waals surface area contributed by atoms with Gasteiger partial charge in [0.1, 0.15) is 10.4 Å². The molecule has 0 aliphatic carbocycles. The molecule has 0 bridgehead atoms. The molecule has 0 saturated carbocycles.